The van der Waals surface area contributed by atoms with Gasteiger partial charge < -0.3 is 24.8 Å². The topological polar surface area (TPSA) is 64.1 Å². The molecule has 28 heavy (non-hydrogen) atoms. The number of guanidine groups is 1. The third-order valence-electron chi connectivity index (χ3n) is 3.90. The first-order valence-electron chi connectivity index (χ1n) is 9.91. The lowest BCUT2D eigenvalue weighted by atomic mass is 10.1. The molecule has 1 rings (SSSR count). The Kier molecular flexibility index (Phi) is 17.6. The van der Waals surface area contributed by atoms with Gasteiger partial charge in [0.25, 0.3) is 0 Å². The van der Waals surface area contributed by atoms with Crippen LogP contribution in [0.5, 0.6) is 0 Å². The summed E-state index contributed by atoms with van der Waals surface area (Å²) in [7, 11) is 1.78. The summed E-state index contributed by atoms with van der Waals surface area (Å²) in [5.74, 6) is 1.46. The van der Waals surface area contributed by atoms with E-state index in [-0.39, 0.29) is 24.0 Å². The minimum atomic E-state index is 0. The van der Waals surface area contributed by atoms with E-state index < -0.39 is 0 Å². The number of hydrogen-bond acceptors (Lipinski definition) is 4. The van der Waals surface area contributed by atoms with Gasteiger partial charge in [-0.05, 0) is 30.4 Å². The van der Waals surface area contributed by atoms with Crippen molar-refractivity contribution in [2.45, 2.75) is 40.3 Å². The molecular weight excluding hydrogens is 469 g/mol. The molecule has 0 aliphatic heterocycles. The van der Waals surface area contributed by atoms with Crippen molar-refractivity contribution in [3.63, 3.8) is 0 Å². The number of nitrogens with one attached hydrogen (secondary N) is 2. The van der Waals surface area contributed by atoms with E-state index in [0.717, 1.165) is 37.7 Å². The summed E-state index contributed by atoms with van der Waals surface area (Å²) in [4.78, 5) is 4.25. The highest BCUT2D eigenvalue weighted by atomic mass is 127. The zero-order chi connectivity index (χ0) is 19.7. The molecule has 0 amide bonds. The number of hydrogen-bond donors (Lipinski definition) is 2. The van der Waals surface area contributed by atoms with Crippen LogP contribution in [0.1, 0.15) is 38.3 Å². The van der Waals surface area contributed by atoms with Gasteiger partial charge in [-0.3, -0.25) is 4.99 Å². The lowest BCUT2D eigenvalue weighted by Crippen LogP contribution is -2.38. The smallest absolute Gasteiger partial charge is 0.191 e. The Morgan fingerprint density at radius 3 is 2.46 bits per heavy atom. The van der Waals surface area contributed by atoms with Crippen LogP contribution in [0.15, 0.2) is 29.3 Å². The van der Waals surface area contributed by atoms with Crippen molar-refractivity contribution < 1.29 is 14.2 Å². The molecule has 0 saturated carbocycles. The molecule has 0 aromatic heterocycles. The first kappa shape index (κ1) is 27.1. The zero-order valence-electron chi connectivity index (χ0n) is 17.8. The van der Waals surface area contributed by atoms with Gasteiger partial charge in [0.15, 0.2) is 5.96 Å². The third-order valence-corrected chi connectivity index (χ3v) is 3.90. The van der Waals surface area contributed by atoms with E-state index in [9.17, 15) is 0 Å². The molecule has 0 fully saturated rings. The van der Waals surface area contributed by atoms with Gasteiger partial charge in [-0.15, -0.1) is 24.0 Å². The molecule has 1 aromatic rings. The first-order chi connectivity index (χ1) is 13.2. The summed E-state index contributed by atoms with van der Waals surface area (Å²) < 4.78 is 16.5. The van der Waals surface area contributed by atoms with Gasteiger partial charge in [-0.1, -0.05) is 38.1 Å². The fourth-order valence-corrected chi connectivity index (χ4v) is 2.35. The van der Waals surface area contributed by atoms with E-state index in [1.807, 2.05) is 6.92 Å². The minimum Gasteiger partial charge on any atom is -0.380 e. The van der Waals surface area contributed by atoms with Crippen LogP contribution in [0.4, 0.5) is 0 Å². The Morgan fingerprint density at radius 2 is 1.75 bits per heavy atom. The monoisotopic (exact) mass is 507 g/mol. The van der Waals surface area contributed by atoms with Gasteiger partial charge in [0.2, 0.25) is 0 Å². The van der Waals surface area contributed by atoms with E-state index in [4.69, 9.17) is 14.2 Å². The molecule has 0 saturated heterocycles. The van der Waals surface area contributed by atoms with Gasteiger partial charge in [0, 0.05) is 33.4 Å². The fraction of sp³-hybridized carbons (Fsp3) is 0.667. The van der Waals surface area contributed by atoms with Crippen LogP contribution >= 0.6 is 24.0 Å². The largest absolute Gasteiger partial charge is 0.380 e. The maximum absolute atomic E-state index is 5.63. The van der Waals surface area contributed by atoms with Gasteiger partial charge in [-0.2, -0.15) is 0 Å². The van der Waals surface area contributed by atoms with Crippen molar-refractivity contribution in [1.82, 2.24) is 10.6 Å². The van der Waals surface area contributed by atoms with E-state index in [1.165, 1.54) is 5.56 Å². The predicted octanol–water partition coefficient (Wildman–Crippen LogP) is 3.59. The highest BCUT2D eigenvalue weighted by molar-refractivity contribution is 14.0. The Morgan fingerprint density at radius 1 is 1.00 bits per heavy atom. The second-order valence-corrected chi connectivity index (χ2v) is 6.72. The maximum atomic E-state index is 5.63. The Balaban J connectivity index is 0.00000729. The summed E-state index contributed by atoms with van der Waals surface area (Å²) >= 11 is 0. The van der Waals surface area contributed by atoms with E-state index in [2.05, 4.69) is 53.7 Å². The molecule has 162 valence electrons. The average Bonchev–Trinajstić information content (AvgIpc) is 2.67. The Hall–Kier alpha value is -0.900. The predicted molar refractivity (Wildman–Crippen MR) is 126 cm³/mol. The molecule has 0 radical (unpaired) electrons. The van der Waals surface area contributed by atoms with Crippen molar-refractivity contribution in [2.75, 3.05) is 46.6 Å². The summed E-state index contributed by atoms with van der Waals surface area (Å²) in [6.45, 7) is 11.9. The lowest BCUT2D eigenvalue weighted by molar-refractivity contribution is 0.0453. The number of ether oxygens (including phenoxy) is 3. The number of rotatable bonds is 14. The van der Waals surface area contributed by atoms with Crippen molar-refractivity contribution in [3.05, 3.63) is 35.4 Å². The molecule has 6 nitrogen and oxygen atoms in total. The van der Waals surface area contributed by atoms with Crippen LogP contribution in [0.3, 0.4) is 0 Å². The van der Waals surface area contributed by atoms with E-state index >= 15 is 0 Å². The van der Waals surface area contributed by atoms with E-state index in [0.29, 0.717) is 38.9 Å². The normalized spacial score (nSPS) is 11.4. The van der Waals surface area contributed by atoms with Crippen molar-refractivity contribution in [1.29, 1.82) is 0 Å². The quantitative estimate of drug-likeness (QED) is 0.175. The molecule has 0 unspecified atom stereocenters. The lowest BCUT2D eigenvalue weighted by Gasteiger charge is -2.13. The summed E-state index contributed by atoms with van der Waals surface area (Å²) in [5.41, 5.74) is 2.35. The zero-order valence-corrected chi connectivity index (χ0v) is 20.2. The van der Waals surface area contributed by atoms with Crippen LogP contribution in [0, 0.1) is 5.92 Å². The van der Waals surface area contributed by atoms with E-state index in [1.54, 1.807) is 7.05 Å². The van der Waals surface area contributed by atoms with Gasteiger partial charge in [0.1, 0.15) is 0 Å². The van der Waals surface area contributed by atoms with Crippen molar-refractivity contribution in [3.8, 4) is 0 Å². The van der Waals surface area contributed by atoms with Crippen LogP contribution in [-0.2, 0) is 27.4 Å². The summed E-state index contributed by atoms with van der Waals surface area (Å²) in [5, 5.41) is 6.60. The maximum Gasteiger partial charge on any atom is 0.191 e. The molecular formula is C21H38IN3O3. The van der Waals surface area contributed by atoms with Crippen molar-refractivity contribution in [2.24, 2.45) is 10.9 Å². The molecule has 0 atom stereocenters. The number of benzene rings is 1. The van der Waals surface area contributed by atoms with Gasteiger partial charge in [0.05, 0.1) is 26.4 Å². The second-order valence-electron chi connectivity index (χ2n) is 6.72. The highest BCUT2D eigenvalue weighted by Crippen LogP contribution is 2.06. The van der Waals surface area contributed by atoms with Crippen molar-refractivity contribution >= 4 is 29.9 Å². The Labute approximate surface area is 187 Å². The number of halogens is 1. The number of nitrogens with zero attached hydrogens (tertiary/aromatic N) is 1. The molecule has 1 aromatic carbocycles. The highest BCUT2D eigenvalue weighted by Gasteiger charge is 2.01. The molecule has 7 heteroatoms. The SMILES string of the molecule is CCOCCOCc1cccc(CNC(=NC)NCCOCCC(C)C)c1.I. The Bertz CT molecular complexity index is 527. The van der Waals surface area contributed by atoms with Crippen LogP contribution in [0.2, 0.25) is 0 Å². The summed E-state index contributed by atoms with van der Waals surface area (Å²) in [6, 6.07) is 8.37. The molecule has 0 aliphatic rings. The molecule has 0 bridgehead atoms. The standard InChI is InChI=1S/C21H37N3O3.HI/c1-5-25-13-14-27-17-20-8-6-7-19(15-20)16-24-21(22-4)23-10-12-26-11-9-18(2)3;/h6-8,15,18H,5,9-14,16-17H2,1-4H3,(H2,22,23,24);1H. The molecule has 0 aliphatic carbocycles. The van der Waals surface area contributed by atoms with Gasteiger partial charge in [-0.25, -0.2) is 0 Å². The fourth-order valence-electron chi connectivity index (χ4n) is 2.35. The average molecular weight is 507 g/mol. The summed E-state index contributed by atoms with van der Waals surface area (Å²) in [6.07, 6.45) is 1.10. The third kappa shape index (κ3) is 14.1. The van der Waals surface area contributed by atoms with Crippen LogP contribution in [0.25, 0.3) is 0 Å². The molecule has 2 N–H and O–H groups in total. The van der Waals surface area contributed by atoms with Crippen LogP contribution in [-0.4, -0.2) is 52.6 Å². The number of aliphatic imine (C=N–C) groups is 1. The minimum absolute atomic E-state index is 0. The van der Waals surface area contributed by atoms with Gasteiger partial charge >= 0.3 is 0 Å². The van der Waals surface area contributed by atoms with Crippen LogP contribution < -0.4 is 10.6 Å². The molecule has 0 spiro atoms. The second kappa shape index (κ2) is 18.1. The molecule has 0 heterocycles. The first-order valence-corrected chi connectivity index (χ1v) is 9.91.